The Morgan fingerprint density at radius 2 is 2.23 bits per heavy atom. The Morgan fingerprint density at radius 1 is 1.54 bits per heavy atom. The minimum absolute atomic E-state index is 0.407. The summed E-state index contributed by atoms with van der Waals surface area (Å²) in [4.78, 5) is 0. The molecule has 0 aliphatic heterocycles. The normalized spacial score (nSPS) is 12.6. The number of aryl methyl sites for hydroxylation is 1. The maximum Gasteiger partial charge on any atom is 0.152 e. The first-order chi connectivity index (χ1) is 6.19. The van der Waals surface area contributed by atoms with Crippen molar-refractivity contribution in [3.8, 4) is 5.75 Å². The minimum atomic E-state index is -1.37. The largest absolute Gasteiger partial charge is 0.496 e. The zero-order valence-corrected chi connectivity index (χ0v) is 7.75. The van der Waals surface area contributed by atoms with E-state index in [4.69, 9.17) is 9.84 Å². The van der Waals surface area contributed by atoms with Gasteiger partial charge in [0, 0.05) is 5.56 Å². The lowest BCUT2D eigenvalue weighted by atomic mass is 10.1. The van der Waals surface area contributed by atoms with Crippen molar-refractivity contribution in [2.75, 3.05) is 13.7 Å². The minimum Gasteiger partial charge on any atom is -0.496 e. The molecular formula is C10H13FO2. The van der Waals surface area contributed by atoms with Gasteiger partial charge in [0.15, 0.2) is 6.17 Å². The van der Waals surface area contributed by atoms with Gasteiger partial charge in [0.25, 0.3) is 0 Å². The van der Waals surface area contributed by atoms with Gasteiger partial charge in [-0.25, -0.2) is 4.39 Å². The smallest absolute Gasteiger partial charge is 0.152 e. The van der Waals surface area contributed by atoms with Crippen LogP contribution in [0.15, 0.2) is 18.2 Å². The molecule has 1 aromatic rings. The molecule has 3 heteroatoms. The fourth-order valence-corrected chi connectivity index (χ4v) is 1.20. The van der Waals surface area contributed by atoms with E-state index in [0.29, 0.717) is 11.3 Å². The topological polar surface area (TPSA) is 29.5 Å². The van der Waals surface area contributed by atoms with Crippen molar-refractivity contribution in [1.82, 2.24) is 0 Å². The molecule has 0 saturated heterocycles. The van der Waals surface area contributed by atoms with Gasteiger partial charge in [-0.05, 0) is 19.1 Å². The van der Waals surface area contributed by atoms with Gasteiger partial charge in [-0.15, -0.1) is 0 Å². The summed E-state index contributed by atoms with van der Waals surface area (Å²) in [6.45, 7) is 1.35. The summed E-state index contributed by atoms with van der Waals surface area (Å²) in [5.41, 5.74) is 1.36. The first-order valence-electron chi connectivity index (χ1n) is 4.08. The van der Waals surface area contributed by atoms with Crippen LogP contribution in [-0.4, -0.2) is 18.8 Å². The summed E-state index contributed by atoms with van der Waals surface area (Å²) in [6, 6.07) is 5.22. The highest BCUT2D eigenvalue weighted by molar-refractivity contribution is 5.38. The van der Waals surface area contributed by atoms with Crippen LogP contribution in [0.3, 0.4) is 0 Å². The van der Waals surface area contributed by atoms with E-state index in [-0.39, 0.29) is 0 Å². The third-order valence-electron chi connectivity index (χ3n) is 1.88. The lowest BCUT2D eigenvalue weighted by Crippen LogP contribution is -2.00. The van der Waals surface area contributed by atoms with Crippen LogP contribution in [0.2, 0.25) is 0 Å². The van der Waals surface area contributed by atoms with E-state index >= 15 is 0 Å². The van der Waals surface area contributed by atoms with E-state index in [1.54, 1.807) is 12.1 Å². The van der Waals surface area contributed by atoms with Crippen LogP contribution in [0.4, 0.5) is 4.39 Å². The molecule has 13 heavy (non-hydrogen) atoms. The Kier molecular flexibility index (Phi) is 3.25. The summed E-state index contributed by atoms with van der Waals surface area (Å²) in [6.07, 6.45) is -1.37. The Morgan fingerprint density at radius 3 is 2.77 bits per heavy atom. The van der Waals surface area contributed by atoms with Gasteiger partial charge in [0.05, 0.1) is 13.7 Å². The van der Waals surface area contributed by atoms with Crippen molar-refractivity contribution < 1.29 is 14.2 Å². The average Bonchev–Trinajstić information content (AvgIpc) is 2.16. The van der Waals surface area contributed by atoms with Gasteiger partial charge < -0.3 is 9.84 Å². The van der Waals surface area contributed by atoms with E-state index in [0.717, 1.165) is 5.56 Å². The van der Waals surface area contributed by atoms with Crippen molar-refractivity contribution in [3.05, 3.63) is 29.3 Å². The SMILES string of the molecule is COc1ccc(C)cc1C(F)CO. The van der Waals surface area contributed by atoms with Crippen molar-refractivity contribution in [3.63, 3.8) is 0 Å². The lowest BCUT2D eigenvalue weighted by molar-refractivity contribution is 0.176. The van der Waals surface area contributed by atoms with Crippen LogP contribution in [0, 0.1) is 6.92 Å². The van der Waals surface area contributed by atoms with E-state index in [9.17, 15) is 4.39 Å². The molecule has 0 radical (unpaired) electrons. The highest BCUT2D eigenvalue weighted by atomic mass is 19.1. The molecule has 0 heterocycles. The molecule has 1 rings (SSSR count). The molecule has 1 N–H and O–H groups in total. The number of hydrogen-bond acceptors (Lipinski definition) is 2. The zero-order valence-electron chi connectivity index (χ0n) is 7.75. The number of hydrogen-bond donors (Lipinski definition) is 1. The van der Waals surface area contributed by atoms with Crippen LogP contribution >= 0.6 is 0 Å². The van der Waals surface area contributed by atoms with E-state index in [1.165, 1.54) is 7.11 Å². The van der Waals surface area contributed by atoms with Crippen molar-refractivity contribution in [1.29, 1.82) is 0 Å². The Balaban J connectivity index is 3.07. The Hall–Kier alpha value is -1.09. The third kappa shape index (κ3) is 2.18. The van der Waals surface area contributed by atoms with Crippen LogP contribution < -0.4 is 4.74 Å². The monoisotopic (exact) mass is 184 g/mol. The van der Waals surface area contributed by atoms with Crippen molar-refractivity contribution in [2.24, 2.45) is 0 Å². The number of aliphatic hydroxyl groups is 1. The average molecular weight is 184 g/mol. The van der Waals surface area contributed by atoms with Crippen LogP contribution in [0.5, 0.6) is 5.75 Å². The number of halogens is 1. The van der Waals surface area contributed by atoms with E-state index in [2.05, 4.69) is 0 Å². The fourth-order valence-electron chi connectivity index (χ4n) is 1.20. The summed E-state index contributed by atoms with van der Waals surface area (Å²) in [5, 5.41) is 8.67. The Bertz CT molecular complexity index is 286. The van der Waals surface area contributed by atoms with Crippen molar-refractivity contribution in [2.45, 2.75) is 13.1 Å². The van der Waals surface area contributed by atoms with Gasteiger partial charge >= 0.3 is 0 Å². The molecule has 0 saturated carbocycles. The Labute approximate surface area is 77.0 Å². The molecule has 1 unspecified atom stereocenters. The predicted octanol–water partition coefficient (Wildman–Crippen LogP) is 2.01. The number of methoxy groups -OCH3 is 1. The van der Waals surface area contributed by atoms with Crippen LogP contribution in [0.1, 0.15) is 17.3 Å². The molecular weight excluding hydrogens is 171 g/mol. The van der Waals surface area contributed by atoms with Gasteiger partial charge in [-0.2, -0.15) is 0 Å². The molecule has 0 bridgehead atoms. The maximum atomic E-state index is 13.2. The van der Waals surface area contributed by atoms with Crippen LogP contribution in [0.25, 0.3) is 0 Å². The highest BCUT2D eigenvalue weighted by Gasteiger charge is 2.13. The summed E-state index contributed by atoms with van der Waals surface area (Å²) in [7, 11) is 1.48. The first kappa shape index (κ1) is 9.99. The number of rotatable bonds is 3. The standard InChI is InChI=1S/C10H13FO2/c1-7-3-4-10(13-2)8(5-7)9(11)6-12/h3-5,9,12H,6H2,1-2H3. The molecule has 0 amide bonds. The summed E-state index contributed by atoms with van der Waals surface area (Å²) >= 11 is 0. The molecule has 1 aromatic carbocycles. The molecule has 0 spiro atoms. The number of benzene rings is 1. The fraction of sp³-hybridized carbons (Fsp3) is 0.400. The molecule has 2 nitrogen and oxygen atoms in total. The molecule has 0 aromatic heterocycles. The van der Waals surface area contributed by atoms with Gasteiger partial charge in [-0.1, -0.05) is 11.6 Å². The predicted molar refractivity (Wildman–Crippen MR) is 48.7 cm³/mol. The second-order valence-corrected chi connectivity index (χ2v) is 2.90. The molecule has 0 aliphatic rings. The van der Waals surface area contributed by atoms with Gasteiger partial charge in [0.2, 0.25) is 0 Å². The molecule has 72 valence electrons. The van der Waals surface area contributed by atoms with Gasteiger partial charge in [-0.3, -0.25) is 0 Å². The first-order valence-corrected chi connectivity index (χ1v) is 4.08. The number of aliphatic hydroxyl groups excluding tert-OH is 1. The maximum absolute atomic E-state index is 13.2. The van der Waals surface area contributed by atoms with Crippen molar-refractivity contribution >= 4 is 0 Å². The lowest BCUT2D eigenvalue weighted by Gasteiger charge is -2.11. The zero-order chi connectivity index (χ0) is 9.84. The second-order valence-electron chi connectivity index (χ2n) is 2.90. The van der Waals surface area contributed by atoms with E-state index in [1.807, 2.05) is 13.0 Å². The van der Waals surface area contributed by atoms with E-state index < -0.39 is 12.8 Å². The highest BCUT2D eigenvalue weighted by Crippen LogP contribution is 2.28. The third-order valence-corrected chi connectivity index (χ3v) is 1.88. The van der Waals surface area contributed by atoms with Crippen LogP contribution in [-0.2, 0) is 0 Å². The molecule has 1 atom stereocenters. The number of ether oxygens (including phenoxy) is 1. The molecule has 0 aliphatic carbocycles. The summed E-state index contributed by atoms with van der Waals surface area (Å²) < 4.78 is 18.1. The quantitative estimate of drug-likeness (QED) is 0.778. The number of alkyl halides is 1. The second kappa shape index (κ2) is 4.23. The molecule has 0 fully saturated rings. The van der Waals surface area contributed by atoms with Gasteiger partial charge in [0.1, 0.15) is 5.75 Å². The summed E-state index contributed by atoms with van der Waals surface area (Å²) in [5.74, 6) is 0.479.